The molecular formula is C52H56N16O8S4. The molecular weight excluding hydrogens is 1100 g/mol. The van der Waals surface area contributed by atoms with Gasteiger partial charge in [-0.05, 0) is 62.8 Å². The van der Waals surface area contributed by atoms with E-state index in [1.165, 1.54) is 45.3 Å². The van der Waals surface area contributed by atoms with Crippen molar-refractivity contribution in [2.45, 2.75) is 101 Å². The van der Waals surface area contributed by atoms with Gasteiger partial charge in [0.15, 0.2) is 0 Å². The lowest BCUT2D eigenvalue weighted by Gasteiger charge is -2.25. The molecule has 8 heterocycles. The molecule has 2 aliphatic carbocycles. The number of methoxy groups -OCH3 is 4. The highest BCUT2D eigenvalue weighted by molar-refractivity contribution is 7.16. The second kappa shape index (κ2) is 27.7. The zero-order valence-electron chi connectivity index (χ0n) is 44.0. The molecule has 416 valence electrons. The lowest BCUT2D eigenvalue weighted by molar-refractivity contribution is -0.116. The smallest absolute Gasteiger partial charge is 0.232 e. The van der Waals surface area contributed by atoms with Gasteiger partial charge in [-0.15, -0.1) is 40.8 Å². The van der Waals surface area contributed by atoms with Gasteiger partial charge in [0, 0.05) is 72.7 Å². The number of anilines is 4. The van der Waals surface area contributed by atoms with Crippen molar-refractivity contribution in [3.8, 4) is 23.0 Å². The van der Waals surface area contributed by atoms with E-state index < -0.39 is 0 Å². The molecule has 2 aliphatic rings. The average molecular weight is 1160 g/mol. The van der Waals surface area contributed by atoms with Gasteiger partial charge >= 0.3 is 0 Å². The van der Waals surface area contributed by atoms with E-state index in [1.54, 1.807) is 102 Å². The third kappa shape index (κ3) is 16.0. The molecule has 0 bridgehead atoms. The minimum atomic E-state index is -0.212. The van der Waals surface area contributed by atoms with Gasteiger partial charge in [-0.3, -0.25) is 39.1 Å². The Balaban J connectivity index is 0.000000194. The van der Waals surface area contributed by atoms with E-state index in [4.69, 9.17) is 18.9 Å². The second-order valence-electron chi connectivity index (χ2n) is 18.6. The van der Waals surface area contributed by atoms with Crippen molar-refractivity contribution in [1.82, 2.24) is 60.7 Å². The van der Waals surface area contributed by atoms with Crippen LogP contribution in [0, 0.1) is 0 Å². The summed E-state index contributed by atoms with van der Waals surface area (Å²) >= 11 is 5.59. The van der Waals surface area contributed by atoms with Crippen molar-refractivity contribution >= 4 is 89.5 Å². The molecule has 0 saturated heterocycles. The van der Waals surface area contributed by atoms with Crippen LogP contribution in [0.5, 0.6) is 23.0 Å². The Labute approximate surface area is 475 Å². The summed E-state index contributed by atoms with van der Waals surface area (Å²) in [4.78, 5) is 66.9. The summed E-state index contributed by atoms with van der Waals surface area (Å²) in [6.07, 6.45) is 14.6. The maximum atomic E-state index is 12.5. The summed E-state index contributed by atoms with van der Waals surface area (Å²) < 4.78 is 20.8. The minimum absolute atomic E-state index is 0.115. The maximum Gasteiger partial charge on any atom is 0.232 e. The predicted octanol–water partition coefficient (Wildman–Crippen LogP) is 8.00. The number of hydrogen-bond acceptors (Lipinski definition) is 24. The molecule has 0 aromatic carbocycles. The Kier molecular flexibility index (Phi) is 19.6. The number of rotatable bonds is 20. The highest BCUT2D eigenvalue weighted by Crippen LogP contribution is 2.45. The number of nitrogens with zero attached hydrogens (tertiary/aromatic N) is 12. The van der Waals surface area contributed by atoms with Crippen LogP contribution in [0.15, 0.2) is 73.3 Å². The van der Waals surface area contributed by atoms with Gasteiger partial charge in [0.05, 0.1) is 76.9 Å². The molecule has 4 N–H and O–H groups in total. The zero-order valence-corrected chi connectivity index (χ0v) is 47.3. The van der Waals surface area contributed by atoms with Crippen LogP contribution < -0.4 is 40.2 Å². The van der Waals surface area contributed by atoms with Crippen molar-refractivity contribution in [2.24, 2.45) is 0 Å². The van der Waals surface area contributed by atoms with Crippen LogP contribution in [-0.4, -0.2) is 113 Å². The highest BCUT2D eigenvalue weighted by atomic mass is 32.1. The largest absolute Gasteiger partial charge is 0.497 e. The normalized spacial score (nSPS) is 16.8. The van der Waals surface area contributed by atoms with Crippen LogP contribution in [0.4, 0.5) is 20.5 Å². The Bertz CT molecular complexity index is 2960. The number of amides is 4. The first-order valence-corrected chi connectivity index (χ1v) is 28.7. The maximum absolute atomic E-state index is 12.5. The van der Waals surface area contributed by atoms with E-state index in [0.29, 0.717) is 66.3 Å². The summed E-state index contributed by atoms with van der Waals surface area (Å²) in [7, 11) is 6.29. The standard InChI is InChI=1S/2C26H28N8O4S2/c2*1-37-19-6-8-27-17(11-19)13-21(35)29-25-33-31-23(39-25)15-4-3-5-16(10-15)24-32-34-26(40-24)30-22(36)14-18-12-20(38-2)7-9-28-18/h2*6-9,11-12,15-16H,3-5,10,13-14H2,1-2H3,(H,29,33,35)(H,30,34,36)/t2*15-,16-/m10/s1. The molecule has 2 saturated carbocycles. The molecule has 4 atom stereocenters. The van der Waals surface area contributed by atoms with Crippen LogP contribution >= 0.6 is 45.3 Å². The first-order valence-electron chi connectivity index (χ1n) is 25.5. The van der Waals surface area contributed by atoms with Gasteiger partial charge in [-0.2, -0.15) is 0 Å². The van der Waals surface area contributed by atoms with Gasteiger partial charge in [0.1, 0.15) is 43.0 Å². The van der Waals surface area contributed by atoms with E-state index in [9.17, 15) is 19.2 Å². The van der Waals surface area contributed by atoms with E-state index >= 15 is 0 Å². The second-order valence-corrected chi connectivity index (χ2v) is 22.6. The Morgan fingerprint density at radius 3 is 0.863 bits per heavy atom. The van der Waals surface area contributed by atoms with Crippen LogP contribution in [-0.2, 0) is 44.9 Å². The van der Waals surface area contributed by atoms with Crippen LogP contribution in [0.1, 0.15) is 118 Å². The Morgan fingerprint density at radius 1 is 0.400 bits per heavy atom. The first-order chi connectivity index (χ1) is 39.0. The quantitative estimate of drug-likeness (QED) is 0.0561. The molecule has 80 heavy (non-hydrogen) atoms. The molecule has 2 fully saturated rings. The van der Waals surface area contributed by atoms with Crippen molar-refractivity contribution in [3.63, 3.8) is 0 Å². The summed E-state index contributed by atoms with van der Waals surface area (Å²) in [6, 6.07) is 13.9. The molecule has 0 unspecified atom stereocenters. The monoisotopic (exact) mass is 1160 g/mol. The fourth-order valence-corrected chi connectivity index (χ4v) is 12.7. The summed E-state index contributed by atoms with van der Waals surface area (Å²) in [5, 5.41) is 51.0. The predicted molar refractivity (Wildman–Crippen MR) is 300 cm³/mol. The number of pyridine rings is 4. The number of ether oxygens (including phenoxy) is 4. The van der Waals surface area contributed by atoms with Crippen molar-refractivity contribution in [2.75, 3.05) is 49.7 Å². The molecule has 4 amide bonds. The van der Waals surface area contributed by atoms with Crippen LogP contribution in [0.2, 0.25) is 0 Å². The van der Waals surface area contributed by atoms with Gasteiger partial charge in [0.25, 0.3) is 0 Å². The lowest BCUT2D eigenvalue weighted by Crippen LogP contribution is -2.15. The average Bonchev–Trinajstić information content (AvgIpc) is 4.34. The van der Waals surface area contributed by atoms with Crippen molar-refractivity contribution < 1.29 is 38.1 Å². The van der Waals surface area contributed by atoms with E-state index in [2.05, 4.69) is 82.0 Å². The molecule has 8 aromatic heterocycles. The fourth-order valence-electron chi connectivity index (χ4n) is 9.11. The third-order valence-electron chi connectivity index (χ3n) is 13.0. The SMILES string of the molecule is COc1ccnc(CC(=O)Nc2nnc([C@@H]3CCC[C@@H](c4nnc(NC(=O)Cc5cc(OC)ccn5)s4)C3)s2)c1.COc1ccnc(CC(=O)Nc2nnc([C@H]3CCC[C@H](c4nnc(NC(=O)Cc5cc(OC)ccn5)s4)C3)s2)c1. The third-order valence-corrected chi connectivity index (χ3v) is 17.0. The van der Waals surface area contributed by atoms with Crippen molar-refractivity contribution in [3.05, 3.63) is 116 Å². The topological polar surface area (TPSA) is 308 Å². The number of nitrogens with one attached hydrogen (secondary N) is 4. The van der Waals surface area contributed by atoms with Crippen LogP contribution in [0.25, 0.3) is 0 Å². The molecule has 8 aromatic rings. The molecule has 0 spiro atoms. The minimum Gasteiger partial charge on any atom is -0.497 e. The van der Waals surface area contributed by atoms with Crippen molar-refractivity contribution in [1.29, 1.82) is 0 Å². The number of carbonyl (C=O) groups is 4. The van der Waals surface area contributed by atoms with Gasteiger partial charge in [-0.25, -0.2) is 0 Å². The van der Waals surface area contributed by atoms with E-state index in [-0.39, 0.29) is 73.0 Å². The molecule has 0 aliphatic heterocycles. The van der Waals surface area contributed by atoms with Gasteiger partial charge in [0.2, 0.25) is 44.2 Å². The summed E-state index contributed by atoms with van der Waals surface area (Å²) in [5.41, 5.74) is 2.45. The lowest BCUT2D eigenvalue weighted by atomic mass is 9.82. The van der Waals surface area contributed by atoms with Gasteiger partial charge in [-0.1, -0.05) is 58.2 Å². The number of hydrogen-bond donors (Lipinski definition) is 4. The Hall–Kier alpha value is -8.08. The highest BCUT2D eigenvalue weighted by Gasteiger charge is 2.31. The van der Waals surface area contributed by atoms with Crippen LogP contribution in [0.3, 0.4) is 0 Å². The molecule has 24 nitrogen and oxygen atoms in total. The zero-order chi connectivity index (χ0) is 55.8. The van der Waals surface area contributed by atoms with Gasteiger partial charge < -0.3 is 40.2 Å². The first kappa shape index (κ1) is 56.6. The Morgan fingerprint density at radius 2 is 0.637 bits per heavy atom. The number of aromatic nitrogens is 12. The fraction of sp³-hybridized carbons (Fsp3) is 0.385. The number of carbonyl (C=O) groups excluding carboxylic acids is 4. The van der Waals surface area contributed by atoms with E-state index in [1.807, 2.05) is 0 Å². The van der Waals surface area contributed by atoms with E-state index in [0.717, 1.165) is 71.4 Å². The summed E-state index contributed by atoms with van der Waals surface area (Å²) in [5.74, 6) is 2.60. The molecule has 10 rings (SSSR count). The molecule has 28 heteroatoms. The molecule has 0 radical (unpaired) electrons. The summed E-state index contributed by atoms with van der Waals surface area (Å²) in [6.45, 7) is 0.